The van der Waals surface area contributed by atoms with Gasteiger partial charge in [-0.2, -0.15) is 10.1 Å². The molecule has 2 saturated carbocycles. The van der Waals surface area contributed by atoms with Crippen LogP contribution in [0.1, 0.15) is 197 Å². The highest BCUT2D eigenvalue weighted by Crippen LogP contribution is 2.43. The van der Waals surface area contributed by atoms with E-state index in [1.54, 1.807) is 0 Å². The van der Waals surface area contributed by atoms with E-state index in [9.17, 15) is 9.90 Å². The number of esters is 1. The fourth-order valence-corrected chi connectivity index (χ4v) is 9.56. The number of rotatable bonds is 16. The fourth-order valence-electron chi connectivity index (χ4n) is 9.56. The van der Waals surface area contributed by atoms with Crippen LogP contribution in [0.15, 0.2) is 0 Å². The van der Waals surface area contributed by atoms with Crippen molar-refractivity contribution in [1.29, 1.82) is 0 Å². The number of hydrogen-bond acceptors (Lipinski definition) is 8. The van der Waals surface area contributed by atoms with Crippen molar-refractivity contribution in [1.82, 2.24) is 10.1 Å². The SMILES string of the molecule is CC1(C)CC(OC(=O)CCCCCCCC[C@H](O)OC2CC(C)(C)N(OC3CCCCC3)C(C)(C)C2)CC(C)(C)N1OC1CCCCC1. The van der Waals surface area contributed by atoms with Gasteiger partial charge < -0.3 is 14.6 Å². The first-order valence-corrected chi connectivity index (χ1v) is 20.0. The number of hydrogen-bond donors (Lipinski definition) is 1. The summed E-state index contributed by atoms with van der Waals surface area (Å²) in [5, 5.41) is 15.2. The Morgan fingerprint density at radius 3 is 1.44 bits per heavy atom. The second kappa shape index (κ2) is 17.6. The Hall–Kier alpha value is -0.770. The molecule has 0 aromatic heterocycles. The summed E-state index contributed by atoms with van der Waals surface area (Å²) in [5.74, 6) is -0.0637. The van der Waals surface area contributed by atoms with E-state index in [4.69, 9.17) is 19.1 Å². The average molecular weight is 679 g/mol. The van der Waals surface area contributed by atoms with Crippen LogP contribution < -0.4 is 0 Å². The molecule has 280 valence electrons. The number of carbonyl (C=O) groups excluding carboxylic acids is 1. The Labute approximate surface area is 294 Å². The zero-order valence-corrected chi connectivity index (χ0v) is 32.3. The molecule has 2 aliphatic heterocycles. The Morgan fingerprint density at radius 2 is 0.979 bits per heavy atom. The number of piperidine rings is 2. The molecule has 8 nitrogen and oxygen atoms in total. The van der Waals surface area contributed by atoms with E-state index in [1.165, 1.54) is 38.5 Å². The molecule has 0 bridgehead atoms. The highest BCUT2D eigenvalue weighted by atomic mass is 16.7. The van der Waals surface area contributed by atoms with Crippen LogP contribution in [-0.2, 0) is 23.9 Å². The van der Waals surface area contributed by atoms with E-state index in [1.807, 2.05) is 0 Å². The summed E-state index contributed by atoms with van der Waals surface area (Å²) in [4.78, 5) is 26.0. The average Bonchev–Trinajstić information content (AvgIpc) is 2.98. The van der Waals surface area contributed by atoms with Crippen LogP contribution in [0.25, 0.3) is 0 Å². The van der Waals surface area contributed by atoms with Gasteiger partial charge in [0.15, 0.2) is 6.29 Å². The third kappa shape index (κ3) is 11.9. The summed E-state index contributed by atoms with van der Waals surface area (Å²) in [6.07, 6.45) is 22.8. The van der Waals surface area contributed by atoms with Crippen molar-refractivity contribution in [2.45, 2.75) is 250 Å². The number of nitrogens with zero attached hydrogens (tertiary/aromatic N) is 2. The zero-order valence-electron chi connectivity index (χ0n) is 32.3. The maximum Gasteiger partial charge on any atom is 0.306 e. The molecular weight excluding hydrogens is 604 g/mol. The van der Waals surface area contributed by atoms with Gasteiger partial charge >= 0.3 is 5.97 Å². The maximum absolute atomic E-state index is 12.8. The smallest absolute Gasteiger partial charge is 0.306 e. The van der Waals surface area contributed by atoms with E-state index >= 15 is 0 Å². The summed E-state index contributed by atoms with van der Waals surface area (Å²) >= 11 is 0. The Balaban J connectivity index is 1.06. The molecule has 0 radical (unpaired) electrons. The molecule has 0 spiro atoms. The molecule has 0 amide bonds. The molecule has 4 fully saturated rings. The molecule has 0 aromatic rings. The first-order chi connectivity index (χ1) is 22.6. The first kappa shape index (κ1) is 40.0. The number of aliphatic hydroxyl groups excluding tert-OH is 1. The number of hydroxylamine groups is 4. The lowest BCUT2D eigenvalue weighted by Crippen LogP contribution is -2.63. The Kier molecular flexibility index (Phi) is 14.7. The lowest BCUT2D eigenvalue weighted by Gasteiger charge is -2.54. The largest absolute Gasteiger partial charge is 0.462 e. The summed E-state index contributed by atoms with van der Waals surface area (Å²) in [5.41, 5.74) is -0.666. The van der Waals surface area contributed by atoms with Crippen LogP contribution in [-0.4, -0.2) is 74.1 Å². The van der Waals surface area contributed by atoms with Gasteiger partial charge in [-0.05, 0) is 113 Å². The van der Waals surface area contributed by atoms with Crippen molar-refractivity contribution in [3.05, 3.63) is 0 Å². The van der Waals surface area contributed by atoms with E-state index in [2.05, 4.69) is 65.5 Å². The van der Waals surface area contributed by atoms with Gasteiger partial charge in [0.2, 0.25) is 0 Å². The minimum atomic E-state index is -0.720. The van der Waals surface area contributed by atoms with Gasteiger partial charge in [0.1, 0.15) is 6.10 Å². The van der Waals surface area contributed by atoms with Crippen LogP contribution in [0.2, 0.25) is 0 Å². The molecule has 2 saturated heterocycles. The van der Waals surface area contributed by atoms with Crippen LogP contribution in [0.5, 0.6) is 0 Å². The number of ether oxygens (including phenoxy) is 2. The predicted octanol–water partition coefficient (Wildman–Crippen LogP) is 9.56. The summed E-state index contributed by atoms with van der Waals surface area (Å²) in [6.45, 7) is 17.9. The standard InChI is InChI=1S/C40H74N2O6/c1-37(2)27-33(28-38(3,4)41(37)47-31-21-15-13-16-22-31)45-35(43)25-19-11-9-10-12-20-26-36(44)46-34-29-39(5,6)42(40(7,8)30-34)48-32-23-17-14-18-24-32/h31-35,43H,9-30H2,1-8H3/t35-/m1/s1. The summed E-state index contributed by atoms with van der Waals surface area (Å²) in [6, 6.07) is 0. The minimum Gasteiger partial charge on any atom is -0.462 e. The van der Waals surface area contributed by atoms with Gasteiger partial charge in [0, 0.05) is 41.4 Å². The highest BCUT2D eigenvalue weighted by molar-refractivity contribution is 5.69. The number of aliphatic hydroxyl groups is 1. The molecule has 0 aromatic carbocycles. The molecule has 0 unspecified atom stereocenters. The molecule has 1 N–H and O–H groups in total. The van der Waals surface area contributed by atoms with Crippen LogP contribution >= 0.6 is 0 Å². The van der Waals surface area contributed by atoms with Crippen LogP contribution in [0, 0.1) is 0 Å². The molecule has 4 rings (SSSR count). The van der Waals surface area contributed by atoms with E-state index in [0.717, 1.165) is 89.9 Å². The number of unbranched alkanes of at least 4 members (excludes halogenated alkanes) is 5. The second-order valence-corrected chi connectivity index (χ2v) is 18.4. The lowest BCUT2D eigenvalue weighted by molar-refractivity contribution is -0.325. The van der Waals surface area contributed by atoms with Gasteiger partial charge in [0.05, 0.1) is 18.3 Å². The minimum absolute atomic E-state index is 0.0236. The van der Waals surface area contributed by atoms with Crippen molar-refractivity contribution in [3.8, 4) is 0 Å². The van der Waals surface area contributed by atoms with Gasteiger partial charge in [-0.1, -0.05) is 64.2 Å². The van der Waals surface area contributed by atoms with Gasteiger partial charge in [-0.3, -0.25) is 14.5 Å². The van der Waals surface area contributed by atoms with E-state index in [-0.39, 0.29) is 40.3 Å². The van der Waals surface area contributed by atoms with Gasteiger partial charge in [0.25, 0.3) is 0 Å². The normalized spacial score (nSPS) is 26.8. The second-order valence-electron chi connectivity index (χ2n) is 18.4. The molecule has 48 heavy (non-hydrogen) atoms. The molecule has 2 heterocycles. The monoisotopic (exact) mass is 679 g/mol. The Bertz CT molecular complexity index is 935. The van der Waals surface area contributed by atoms with Gasteiger partial charge in [-0.25, -0.2) is 0 Å². The molecular formula is C40H74N2O6. The van der Waals surface area contributed by atoms with Crippen molar-refractivity contribution in [3.63, 3.8) is 0 Å². The third-order valence-electron chi connectivity index (χ3n) is 11.5. The van der Waals surface area contributed by atoms with Crippen LogP contribution in [0.4, 0.5) is 0 Å². The summed E-state index contributed by atoms with van der Waals surface area (Å²) in [7, 11) is 0. The van der Waals surface area contributed by atoms with Crippen LogP contribution in [0.3, 0.4) is 0 Å². The van der Waals surface area contributed by atoms with Crippen molar-refractivity contribution >= 4 is 5.97 Å². The van der Waals surface area contributed by atoms with Gasteiger partial charge in [-0.15, -0.1) is 0 Å². The maximum atomic E-state index is 12.8. The topological polar surface area (TPSA) is 80.7 Å². The van der Waals surface area contributed by atoms with Crippen molar-refractivity contribution < 1.29 is 29.0 Å². The van der Waals surface area contributed by atoms with E-state index < -0.39 is 6.29 Å². The quantitative estimate of drug-likeness (QED) is 0.0982. The third-order valence-corrected chi connectivity index (χ3v) is 11.5. The van der Waals surface area contributed by atoms with Crippen molar-refractivity contribution in [2.24, 2.45) is 0 Å². The molecule has 4 aliphatic rings. The van der Waals surface area contributed by atoms with E-state index in [0.29, 0.717) is 25.0 Å². The Morgan fingerprint density at radius 1 is 0.583 bits per heavy atom. The molecule has 8 heteroatoms. The molecule has 2 aliphatic carbocycles. The lowest BCUT2D eigenvalue weighted by atomic mass is 9.80. The zero-order chi connectivity index (χ0) is 35.0. The predicted molar refractivity (Wildman–Crippen MR) is 192 cm³/mol. The first-order valence-electron chi connectivity index (χ1n) is 20.0. The summed E-state index contributed by atoms with van der Waals surface area (Å²) < 4.78 is 12.2. The molecule has 1 atom stereocenters. The number of carbonyl (C=O) groups is 1. The highest BCUT2D eigenvalue weighted by Gasteiger charge is 2.49. The fraction of sp³-hybridized carbons (Fsp3) is 0.975. The van der Waals surface area contributed by atoms with Crippen molar-refractivity contribution in [2.75, 3.05) is 0 Å².